The summed E-state index contributed by atoms with van der Waals surface area (Å²) < 4.78 is 5.48. The Morgan fingerprint density at radius 2 is 1.56 bits per heavy atom. The summed E-state index contributed by atoms with van der Waals surface area (Å²) in [4.78, 5) is 11.3. The zero-order valence-electron chi connectivity index (χ0n) is 9.85. The van der Waals surface area contributed by atoms with Gasteiger partial charge in [-0.2, -0.15) is 15.0 Å². The molecule has 1 heterocycles. The van der Waals surface area contributed by atoms with Gasteiger partial charge < -0.3 is 9.84 Å². The van der Waals surface area contributed by atoms with Crippen LogP contribution in [0.4, 0.5) is 0 Å². The van der Waals surface area contributed by atoms with E-state index in [0.29, 0.717) is 18.4 Å². The largest absolute Gasteiger partial charge is 0.463 e. The summed E-state index contributed by atoms with van der Waals surface area (Å²) in [5, 5.41) is 9.13. The summed E-state index contributed by atoms with van der Waals surface area (Å²) in [6, 6.07) is 0.171. The molecule has 100 valence electrons. The van der Waals surface area contributed by atoms with Crippen molar-refractivity contribution < 1.29 is 9.84 Å². The molecule has 1 N–H and O–H groups in total. The minimum absolute atomic E-state index is 0.0361. The fourth-order valence-corrected chi connectivity index (χ4v) is 2.49. The van der Waals surface area contributed by atoms with E-state index in [9.17, 15) is 0 Å². The van der Waals surface area contributed by atoms with Crippen molar-refractivity contribution in [1.29, 1.82) is 0 Å². The number of rotatable bonds is 4. The van der Waals surface area contributed by atoms with Crippen molar-refractivity contribution >= 4 is 23.2 Å². The monoisotopic (exact) mass is 291 g/mol. The molecule has 0 unspecified atom stereocenters. The number of aromatic nitrogens is 3. The van der Waals surface area contributed by atoms with Crippen molar-refractivity contribution in [3.8, 4) is 6.01 Å². The standard InChI is InChI=1S/C11H15Cl2N3O2/c12-9-14-10(13)16-11(15-9)18-6-8-3-1-7(5-17)2-4-8/h7-8,17H,1-6H2/t7-,8-. The predicted octanol–water partition coefficient (Wildman–Crippen LogP) is 2.36. The van der Waals surface area contributed by atoms with Crippen molar-refractivity contribution in [2.24, 2.45) is 11.8 Å². The van der Waals surface area contributed by atoms with Gasteiger partial charge in [0.25, 0.3) is 0 Å². The summed E-state index contributed by atoms with van der Waals surface area (Å²) in [7, 11) is 0. The van der Waals surface area contributed by atoms with Gasteiger partial charge >= 0.3 is 6.01 Å². The zero-order valence-corrected chi connectivity index (χ0v) is 11.4. The SMILES string of the molecule is OC[C@H]1CC[C@H](COc2nc(Cl)nc(Cl)n2)CC1. The Bertz CT molecular complexity index is 378. The Balaban J connectivity index is 1.81. The predicted molar refractivity (Wildman–Crippen MR) is 67.9 cm³/mol. The average molecular weight is 292 g/mol. The van der Waals surface area contributed by atoms with E-state index in [1.807, 2.05) is 0 Å². The van der Waals surface area contributed by atoms with Crippen LogP contribution in [0.15, 0.2) is 0 Å². The quantitative estimate of drug-likeness (QED) is 0.922. The van der Waals surface area contributed by atoms with E-state index in [1.54, 1.807) is 0 Å². The molecule has 1 saturated carbocycles. The Kier molecular flexibility index (Phi) is 4.97. The number of nitrogens with zero attached hydrogens (tertiary/aromatic N) is 3. The fourth-order valence-electron chi connectivity index (χ4n) is 2.15. The molecule has 0 amide bonds. The molecule has 5 nitrogen and oxygen atoms in total. The molecule has 0 aliphatic heterocycles. The smallest absolute Gasteiger partial charge is 0.322 e. The number of hydrogen-bond acceptors (Lipinski definition) is 5. The Morgan fingerprint density at radius 1 is 1.00 bits per heavy atom. The lowest BCUT2D eigenvalue weighted by Crippen LogP contribution is -2.22. The Labute approximate surface area is 116 Å². The summed E-state index contributed by atoms with van der Waals surface area (Å²) in [5.41, 5.74) is 0. The molecule has 1 aliphatic carbocycles. The van der Waals surface area contributed by atoms with Crippen LogP contribution < -0.4 is 4.74 Å². The van der Waals surface area contributed by atoms with Gasteiger partial charge in [-0.3, -0.25) is 0 Å². The molecule has 1 aliphatic rings. The lowest BCUT2D eigenvalue weighted by atomic mass is 9.83. The number of hydrogen-bond donors (Lipinski definition) is 1. The number of halogens is 2. The molecule has 18 heavy (non-hydrogen) atoms. The summed E-state index contributed by atoms with van der Waals surface area (Å²) in [6.45, 7) is 0.834. The van der Waals surface area contributed by atoms with Gasteiger partial charge in [0.05, 0.1) is 6.61 Å². The fraction of sp³-hybridized carbons (Fsp3) is 0.727. The third-order valence-electron chi connectivity index (χ3n) is 3.23. The average Bonchev–Trinajstić information content (AvgIpc) is 2.36. The van der Waals surface area contributed by atoms with Gasteiger partial charge in [-0.1, -0.05) is 0 Å². The summed E-state index contributed by atoms with van der Waals surface area (Å²) in [6.07, 6.45) is 4.20. The van der Waals surface area contributed by atoms with Crippen LogP contribution in [-0.2, 0) is 0 Å². The first kappa shape index (κ1) is 13.8. The van der Waals surface area contributed by atoms with Crippen LogP contribution in [0.2, 0.25) is 10.6 Å². The van der Waals surface area contributed by atoms with Gasteiger partial charge in [-0.25, -0.2) is 0 Å². The molecule has 0 saturated heterocycles. The molecule has 1 aromatic rings. The maximum atomic E-state index is 9.06. The van der Waals surface area contributed by atoms with E-state index >= 15 is 0 Å². The van der Waals surface area contributed by atoms with Crippen molar-refractivity contribution in [3.05, 3.63) is 10.6 Å². The normalized spacial score (nSPS) is 23.9. The molecule has 2 rings (SSSR count). The van der Waals surface area contributed by atoms with Gasteiger partial charge in [-0.15, -0.1) is 0 Å². The third-order valence-corrected chi connectivity index (χ3v) is 3.57. The molecule has 1 fully saturated rings. The summed E-state index contributed by atoms with van der Waals surface area (Å²) >= 11 is 11.3. The van der Waals surface area contributed by atoms with E-state index in [1.165, 1.54) is 0 Å². The first-order valence-electron chi connectivity index (χ1n) is 5.98. The molecule has 7 heteroatoms. The molecule has 1 aromatic heterocycles. The van der Waals surface area contributed by atoms with Crippen molar-refractivity contribution in [3.63, 3.8) is 0 Å². The molecule has 0 radical (unpaired) electrons. The highest BCUT2D eigenvalue weighted by atomic mass is 35.5. The highest BCUT2D eigenvalue weighted by molar-refractivity contribution is 6.31. The first-order chi connectivity index (χ1) is 8.67. The number of aliphatic hydroxyl groups excluding tert-OH is 1. The van der Waals surface area contributed by atoms with E-state index in [2.05, 4.69) is 15.0 Å². The van der Waals surface area contributed by atoms with Gasteiger partial charge in [-0.05, 0) is 60.7 Å². The topological polar surface area (TPSA) is 68.1 Å². The van der Waals surface area contributed by atoms with Crippen molar-refractivity contribution in [1.82, 2.24) is 15.0 Å². The lowest BCUT2D eigenvalue weighted by molar-refractivity contribution is 0.135. The highest BCUT2D eigenvalue weighted by Gasteiger charge is 2.21. The first-order valence-corrected chi connectivity index (χ1v) is 6.73. The molecular formula is C11H15Cl2N3O2. The van der Waals surface area contributed by atoms with Crippen molar-refractivity contribution in [2.75, 3.05) is 13.2 Å². The molecule has 0 spiro atoms. The van der Waals surface area contributed by atoms with Gasteiger partial charge in [0.15, 0.2) is 0 Å². The van der Waals surface area contributed by atoms with Gasteiger partial charge in [0.2, 0.25) is 10.6 Å². The highest BCUT2D eigenvalue weighted by Crippen LogP contribution is 2.28. The minimum Gasteiger partial charge on any atom is -0.463 e. The third kappa shape index (κ3) is 3.93. The Morgan fingerprint density at radius 3 is 2.11 bits per heavy atom. The van der Waals surface area contributed by atoms with E-state index in [0.717, 1.165) is 25.7 Å². The molecular weight excluding hydrogens is 277 g/mol. The number of aliphatic hydroxyl groups is 1. The summed E-state index contributed by atoms with van der Waals surface area (Å²) in [5.74, 6) is 0.921. The van der Waals surface area contributed by atoms with Crippen LogP contribution in [0, 0.1) is 11.8 Å². The Hall–Kier alpha value is -0.650. The van der Waals surface area contributed by atoms with Gasteiger partial charge in [0.1, 0.15) is 0 Å². The second-order valence-corrected chi connectivity index (χ2v) is 5.21. The second-order valence-electron chi connectivity index (χ2n) is 4.54. The second kappa shape index (κ2) is 6.50. The van der Waals surface area contributed by atoms with Crippen LogP contribution >= 0.6 is 23.2 Å². The van der Waals surface area contributed by atoms with E-state index in [4.69, 9.17) is 33.0 Å². The van der Waals surface area contributed by atoms with E-state index < -0.39 is 0 Å². The van der Waals surface area contributed by atoms with Crippen LogP contribution in [0.25, 0.3) is 0 Å². The van der Waals surface area contributed by atoms with Crippen LogP contribution in [0.1, 0.15) is 25.7 Å². The number of ether oxygens (including phenoxy) is 1. The maximum absolute atomic E-state index is 9.06. The van der Waals surface area contributed by atoms with E-state index in [-0.39, 0.29) is 23.2 Å². The van der Waals surface area contributed by atoms with Gasteiger partial charge in [0, 0.05) is 6.61 Å². The minimum atomic E-state index is 0.0361. The zero-order chi connectivity index (χ0) is 13.0. The van der Waals surface area contributed by atoms with Crippen LogP contribution in [0.3, 0.4) is 0 Å². The lowest BCUT2D eigenvalue weighted by Gasteiger charge is -2.26. The molecule has 0 aromatic carbocycles. The molecule has 0 bridgehead atoms. The van der Waals surface area contributed by atoms with Crippen LogP contribution in [0.5, 0.6) is 6.01 Å². The maximum Gasteiger partial charge on any atom is 0.322 e. The van der Waals surface area contributed by atoms with Crippen LogP contribution in [-0.4, -0.2) is 33.3 Å². The molecule has 0 atom stereocenters. The van der Waals surface area contributed by atoms with Crippen molar-refractivity contribution in [2.45, 2.75) is 25.7 Å².